The van der Waals surface area contributed by atoms with Gasteiger partial charge in [-0.3, -0.25) is 9.59 Å². The first-order valence-corrected chi connectivity index (χ1v) is 7.10. The van der Waals surface area contributed by atoms with Gasteiger partial charge in [0.1, 0.15) is 6.10 Å². The quantitative estimate of drug-likeness (QED) is 0.753. The normalized spacial score (nSPS) is 22.2. The molecule has 8 nitrogen and oxygen atoms in total. The van der Waals surface area contributed by atoms with Gasteiger partial charge in [-0.05, 0) is 12.8 Å². The second-order valence-corrected chi connectivity index (χ2v) is 5.68. The van der Waals surface area contributed by atoms with Crippen LogP contribution in [0.2, 0.25) is 0 Å². The molecule has 1 aromatic rings. The van der Waals surface area contributed by atoms with Crippen molar-refractivity contribution < 1.29 is 14.3 Å². The van der Waals surface area contributed by atoms with Gasteiger partial charge >= 0.3 is 0 Å². The van der Waals surface area contributed by atoms with Crippen molar-refractivity contribution >= 4 is 11.8 Å². The lowest BCUT2D eigenvalue weighted by atomic mass is 10.1. The van der Waals surface area contributed by atoms with Crippen molar-refractivity contribution in [2.75, 3.05) is 33.8 Å². The molecular formula is C13H19N5O3. The minimum Gasteiger partial charge on any atom is -0.368 e. The van der Waals surface area contributed by atoms with Crippen LogP contribution in [-0.4, -0.2) is 76.5 Å². The first-order valence-electron chi connectivity index (χ1n) is 7.10. The van der Waals surface area contributed by atoms with Crippen LogP contribution in [0.4, 0.5) is 0 Å². The smallest absolute Gasteiger partial charge is 0.275 e. The van der Waals surface area contributed by atoms with E-state index in [2.05, 4.69) is 10.3 Å². The molecule has 1 unspecified atom stereocenters. The predicted molar refractivity (Wildman–Crippen MR) is 72.6 cm³/mol. The van der Waals surface area contributed by atoms with Crippen LogP contribution in [0.1, 0.15) is 29.4 Å². The first-order chi connectivity index (χ1) is 10.1. The standard InChI is InChI=1S/C13H19N5O3/c1-16(2)12(19)10-8-18(15-14-10)9-6-17(7-9)13(20)11-4-3-5-21-11/h8-9,11H,3-7H2,1-2H3. The molecule has 3 rings (SSSR count). The first kappa shape index (κ1) is 14.0. The summed E-state index contributed by atoms with van der Waals surface area (Å²) in [5.74, 6) is -0.110. The Bertz CT molecular complexity index is 544. The molecule has 2 fully saturated rings. The van der Waals surface area contributed by atoms with E-state index in [9.17, 15) is 9.59 Å². The summed E-state index contributed by atoms with van der Waals surface area (Å²) < 4.78 is 7.06. The maximum absolute atomic E-state index is 12.1. The highest BCUT2D eigenvalue weighted by Crippen LogP contribution is 2.24. The lowest BCUT2D eigenvalue weighted by molar-refractivity contribution is -0.147. The van der Waals surface area contributed by atoms with Gasteiger partial charge in [-0.25, -0.2) is 4.68 Å². The molecule has 1 aromatic heterocycles. The van der Waals surface area contributed by atoms with Crippen molar-refractivity contribution in [3.63, 3.8) is 0 Å². The third kappa shape index (κ3) is 2.63. The molecule has 0 spiro atoms. The van der Waals surface area contributed by atoms with E-state index in [1.165, 1.54) is 4.90 Å². The SMILES string of the molecule is CN(C)C(=O)c1cn(C2CN(C(=O)C3CCCO3)C2)nn1. The summed E-state index contributed by atoms with van der Waals surface area (Å²) in [6.45, 7) is 1.86. The van der Waals surface area contributed by atoms with Gasteiger partial charge in [-0.15, -0.1) is 5.10 Å². The van der Waals surface area contributed by atoms with Crippen molar-refractivity contribution in [2.24, 2.45) is 0 Å². The molecule has 0 radical (unpaired) electrons. The van der Waals surface area contributed by atoms with E-state index in [4.69, 9.17) is 4.74 Å². The molecule has 3 heterocycles. The molecule has 0 aliphatic carbocycles. The fourth-order valence-corrected chi connectivity index (χ4v) is 2.56. The average Bonchev–Trinajstić information content (AvgIpc) is 3.07. The summed E-state index contributed by atoms with van der Waals surface area (Å²) in [4.78, 5) is 27.1. The Morgan fingerprint density at radius 2 is 2.14 bits per heavy atom. The van der Waals surface area contributed by atoms with Crippen LogP contribution in [0, 0.1) is 0 Å². The molecule has 21 heavy (non-hydrogen) atoms. The summed E-state index contributed by atoms with van der Waals surface area (Å²) in [7, 11) is 3.35. The number of rotatable bonds is 3. The van der Waals surface area contributed by atoms with E-state index >= 15 is 0 Å². The summed E-state index contributed by atoms with van der Waals surface area (Å²) in [5, 5.41) is 7.86. The molecule has 2 amide bonds. The highest BCUT2D eigenvalue weighted by atomic mass is 16.5. The van der Waals surface area contributed by atoms with Gasteiger partial charge in [0.05, 0.1) is 12.2 Å². The fraction of sp³-hybridized carbons (Fsp3) is 0.692. The molecule has 114 valence electrons. The van der Waals surface area contributed by atoms with E-state index in [-0.39, 0.29) is 24.0 Å². The van der Waals surface area contributed by atoms with Gasteiger partial charge in [0.15, 0.2) is 5.69 Å². The van der Waals surface area contributed by atoms with Crippen molar-refractivity contribution in [3.8, 4) is 0 Å². The van der Waals surface area contributed by atoms with Crippen LogP contribution in [-0.2, 0) is 9.53 Å². The summed E-state index contributed by atoms with van der Waals surface area (Å²) in [6, 6.07) is 0.0894. The fourth-order valence-electron chi connectivity index (χ4n) is 2.56. The number of ether oxygens (including phenoxy) is 1. The van der Waals surface area contributed by atoms with Crippen LogP contribution in [0.15, 0.2) is 6.20 Å². The third-order valence-electron chi connectivity index (χ3n) is 3.89. The lowest BCUT2D eigenvalue weighted by Crippen LogP contribution is -2.54. The number of aromatic nitrogens is 3. The van der Waals surface area contributed by atoms with Gasteiger partial charge in [0.2, 0.25) is 0 Å². The summed E-state index contributed by atoms with van der Waals surface area (Å²) in [6.07, 6.45) is 3.13. The second-order valence-electron chi connectivity index (χ2n) is 5.68. The van der Waals surface area contributed by atoms with Crippen molar-refractivity contribution in [2.45, 2.75) is 25.0 Å². The van der Waals surface area contributed by atoms with E-state index in [0.717, 1.165) is 12.8 Å². The number of hydrogen-bond acceptors (Lipinski definition) is 5. The summed E-state index contributed by atoms with van der Waals surface area (Å²) in [5.41, 5.74) is 0.323. The monoisotopic (exact) mass is 293 g/mol. The number of amides is 2. The van der Waals surface area contributed by atoms with Crippen LogP contribution in [0.25, 0.3) is 0 Å². The molecular weight excluding hydrogens is 274 g/mol. The maximum atomic E-state index is 12.1. The molecule has 0 aromatic carbocycles. The van der Waals surface area contributed by atoms with Crippen molar-refractivity contribution in [3.05, 3.63) is 11.9 Å². The lowest BCUT2D eigenvalue weighted by Gasteiger charge is -2.39. The average molecular weight is 293 g/mol. The minimum atomic E-state index is -0.271. The topological polar surface area (TPSA) is 80.6 Å². The van der Waals surface area contributed by atoms with E-state index in [1.54, 1.807) is 29.9 Å². The second kappa shape index (κ2) is 5.44. The Morgan fingerprint density at radius 1 is 1.38 bits per heavy atom. The zero-order valence-electron chi connectivity index (χ0n) is 12.2. The number of likely N-dealkylation sites (tertiary alicyclic amines) is 1. The van der Waals surface area contributed by atoms with Crippen LogP contribution < -0.4 is 0 Å². The van der Waals surface area contributed by atoms with Crippen LogP contribution >= 0.6 is 0 Å². The van der Waals surface area contributed by atoms with Gasteiger partial charge in [0, 0.05) is 33.8 Å². The van der Waals surface area contributed by atoms with E-state index in [1.807, 2.05) is 0 Å². The van der Waals surface area contributed by atoms with Crippen molar-refractivity contribution in [1.82, 2.24) is 24.8 Å². The Kier molecular flexibility index (Phi) is 3.62. The number of carbonyl (C=O) groups excluding carboxylic acids is 2. The van der Waals surface area contributed by atoms with E-state index < -0.39 is 0 Å². The highest BCUT2D eigenvalue weighted by molar-refractivity contribution is 5.91. The van der Waals surface area contributed by atoms with Crippen LogP contribution in [0.3, 0.4) is 0 Å². The number of hydrogen-bond donors (Lipinski definition) is 0. The van der Waals surface area contributed by atoms with Gasteiger partial charge in [-0.2, -0.15) is 0 Å². The maximum Gasteiger partial charge on any atom is 0.275 e. The number of nitrogens with zero attached hydrogens (tertiary/aromatic N) is 5. The highest BCUT2D eigenvalue weighted by Gasteiger charge is 2.37. The van der Waals surface area contributed by atoms with Gasteiger partial charge in [0.25, 0.3) is 11.8 Å². The molecule has 0 saturated carbocycles. The minimum absolute atomic E-state index is 0.0634. The molecule has 1 atom stereocenters. The van der Waals surface area contributed by atoms with Gasteiger partial charge in [-0.1, -0.05) is 5.21 Å². The van der Waals surface area contributed by atoms with Gasteiger partial charge < -0.3 is 14.5 Å². The predicted octanol–water partition coefficient (Wildman–Crippen LogP) is -0.458. The Morgan fingerprint density at radius 3 is 2.76 bits per heavy atom. The Hall–Kier alpha value is -1.96. The Labute approximate surface area is 122 Å². The zero-order valence-corrected chi connectivity index (χ0v) is 12.2. The Balaban J connectivity index is 1.56. The third-order valence-corrected chi connectivity index (χ3v) is 3.89. The van der Waals surface area contributed by atoms with E-state index in [0.29, 0.717) is 25.4 Å². The molecule has 2 aliphatic rings. The molecule has 2 saturated heterocycles. The summed E-state index contributed by atoms with van der Waals surface area (Å²) >= 11 is 0. The molecule has 0 bridgehead atoms. The zero-order chi connectivity index (χ0) is 15.0. The number of carbonyl (C=O) groups is 2. The molecule has 2 aliphatic heterocycles. The largest absolute Gasteiger partial charge is 0.368 e. The molecule has 0 N–H and O–H groups in total. The van der Waals surface area contributed by atoms with Crippen molar-refractivity contribution in [1.29, 1.82) is 0 Å². The van der Waals surface area contributed by atoms with Crippen LogP contribution in [0.5, 0.6) is 0 Å². The molecule has 8 heteroatoms.